The molecule has 1 aromatic heterocycles. The van der Waals surface area contributed by atoms with Gasteiger partial charge >= 0.3 is 0 Å². The summed E-state index contributed by atoms with van der Waals surface area (Å²) in [6.45, 7) is 8.57. The molecule has 1 atom stereocenters. The van der Waals surface area contributed by atoms with Crippen molar-refractivity contribution in [3.8, 4) is 0 Å². The van der Waals surface area contributed by atoms with Crippen molar-refractivity contribution in [3.05, 3.63) is 17.5 Å². The van der Waals surface area contributed by atoms with Gasteiger partial charge in [-0.25, -0.2) is 4.99 Å². The number of nitrogens with one attached hydrogen (secondary N) is 2. The van der Waals surface area contributed by atoms with Crippen LogP contribution in [0, 0.1) is 0 Å². The summed E-state index contributed by atoms with van der Waals surface area (Å²) in [4.78, 5) is 17.8. The highest BCUT2D eigenvalue weighted by atomic mass is 127. The molecule has 0 spiro atoms. The molecule has 26 heavy (non-hydrogen) atoms. The van der Waals surface area contributed by atoms with Crippen LogP contribution in [0.3, 0.4) is 0 Å². The van der Waals surface area contributed by atoms with Gasteiger partial charge in [0.1, 0.15) is 6.54 Å². The number of halogens is 1. The van der Waals surface area contributed by atoms with Crippen molar-refractivity contribution in [2.24, 2.45) is 4.99 Å². The van der Waals surface area contributed by atoms with Gasteiger partial charge in [0.05, 0.1) is 5.69 Å². The van der Waals surface area contributed by atoms with Crippen LogP contribution in [0.25, 0.3) is 0 Å². The SMILES string of the molecule is CC(C)NC(=NCC(=O)N(C)C)NC1CCc2cn(C(C)C)nc2C1.I. The first-order valence-corrected chi connectivity index (χ1v) is 9.10. The standard InChI is InChI=1S/C18H32N6O.HI/c1-12(2)20-18(19-10-17(25)23(5)6)21-15-8-7-14-11-24(13(3)4)22-16(14)9-15;/h11-13,15H,7-10H2,1-6H3,(H2,19,20,21);1H. The van der Waals surface area contributed by atoms with E-state index in [0.29, 0.717) is 12.0 Å². The summed E-state index contributed by atoms with van der Waals surface area (Å²) in [5.41, 5.74) is 2.52. The summed E-state index contributed by atoms with van der Waals surface area (Å²) in [5.74, 6) is 0.688. The Morgan fingerprint density at radius 1 is 1.38 bits per heavy atom. The van der Waals surface area contributed by atoms with Crippen molar-refractivity contribution in [1.29, 1.82) is 0 Å². The number of fused-ring (bicyclic) bond motifs is 1. The minimum atomic E-state index is -0.00790. The maximum atomic E-state index is 11.8. The zero-order chi connectivity index (χ0) is 18.6. The first-order valence-electron chi connectivity index (χ1n) is 9.10. The molecule has 0 saturated carbocycles. The number of hydrogen-bond acceptors (Lipinski definition) is 3. The summed E-state index contributed by atoms with van der Waals surface area (Å²) in [7, 11) is 3.49. The van der Waals surface area contributed by atoms with Crippen molar-refractivity contribution in [2.45, 2.75) is 65.1 Å². The van der Waals surface area contributed by atoms with Crippen LogP contribution in [0.2, 0.25) is 0 Å². The number of carbonyl (C=O) groups excluding carboxylic acids is 1. The van der Waals surface area contributed by atoms with Crippen LogP contribution in [0.15, 0.2) is 11.2 Å². The second-order valence-electron chi connectivity index (χ2n) is 7.51. The van der Waals surface area contributed by atoms with E-state index in [0.717, 1.165) is 19.3 Å². The Morgan fingerprint density at radius 3 is 2.65 bits per heavy atom. The lowest BCUT2D eigenvalue weighted by Gasteiger charge is -2.25. The van der Waals surface area contributed by atoms with Crippen LogP contribution in [0.1, 0.15) is 51.4 Å². The summed E-state index contributed by atoms with van der Waals surface area (Å²) >= 11 is 0. The second kappa shape index (κ2) is 10.1. The van der Waals surface area contributed by atoms with E-state index >= 15 is 0 Å². The minimum absolute atomic E-state index is 0. The number of nitrogens with zero attached hydrogens (tertiary/aromatic N) is 4. The highest BCUT2D eigenvalue weighted by molar-refractivity contribution is 14.0. The number of amides is 1. The third-order valence-corrected chi connectivity index (χ3v) is 4.26. The lowest BCUT2D eigenvalue weighted by molar-refractivity contribution is -0.127. The van der Waals surface area contributed by atoms with Crippen LogP contribution in [-0.2, 0) is 17.6 Å². The molecule has 1 aliphatic carbocycles. The lowest BCUT2D eigenvalue weighted by atomic mass is 9.94. The number of guanidine groups is 1. The normalized spacial score (nSPS) is 16.9. The Hall–Kier alpha value is -1.32. The highest BCUT2D eigenvalue weighted by Gasteiger charge is 2.23. The van der Waals surface area contributed by atoms with Gasteiger partial charge in [-0.05, 0) is 46.1 Å². The third kappa shape index (κ3) is 6.44. The Kier molecular flexibility index (Phi) is 8.85. The number of aryl methyl sites for hydroxylation is 1. The van der Waals surface area contributed by atoms with Gasteiger partial charge < -0.3 is 15.5 Å². The number of rotatable bonds is 5. The number of carbonyl (C=O) groups is 1. The fraction of sp³-hybridized carbons (Fsp3) is 0.722. The Morgan fingerprint density at radius 2 is 2.08 bits per heavy atom. The van der Waals surface area contributed by atoms with Gasteiger partial charge in [-0.2, -0.15) is 5.10 Å². The largest absolute Gasteiger partial charge is 0.354 e. The molecule has 1 amide bonds. The molecule has 1 heterocycles. The van der Waals surface area contributed by atoms with Crippen LogP contribution in [0.4, 0.5) is 0 Å². The van der Waals surface area contributed by atoms with E-state index < -0.39 is 0 Å². The molecule has 1 aliphatic rings. The summed E-state index contributed by atoms with van der Waals surface area (Å²) in [6, 6.07) is 0.913. The van der Waals surface area contributed by atoms with Gasteiger partial charge in [0.25, 0.3) is 0 Å². The molecule has 1 aromatic rings. The molecule has 0 saturated heterocycles. The molecule has 148 valence electrons. The number of aliphatic imine (C=N–C) groups is 1. The van der Waals surface area contributed by atoms with Gasteiger partial charge in [-0.15, -0.1) is 24.0 Å². The zero-order valence-electron chi connectivity index (χ0n) is 16.7. The summed E-state index contributed by atoms with van der Waals surface area (Å²) < 4.78 is 2.05. The van der Waals surface area contributed by atoms with E-state index in [2.05, 4.69) is 49.5 Å². The van der Waals surface area contributed by atoms with Crippen LogP contribution >= 0.6 is 24.0 Å². The minimum Gasteiger partial charge on any atom is -0.354 e. The second-order valence-corrected chi connectivity index (χ2v) is 7.51. The van der Waals surface area contributed by atoms with Crippen LogP contribution in [-0.4, -0.2) is 59.3 Å². The third-order valence-electron chi connectivity index (χ3n) is 4.26. The van der Waals surface area contributed by atoms with Crippen LogP contribution in [0.5, 0.6) is 0 Å². The molecular formula is C18H33IN6O. The van der Waals surface area contributed by atoms with Crippen molar-refractivity contribution in [3.63, 3.8) is 0 Å². The Labute approximate surface area is 174 Å². The quantitative estimate of drug-likeness (QED) is 0.387. The van der Waals surface area contributed by atoms with E-state index in [1.54, 1.807) is 19.0 Å². The monoisotopic (exact) mass is 476 g/mol. The molecule has 1 unspecified atom stereocenters. The topological polar surface area (TPSA) is 74.6 Å². The summed E-state index contributed by atoms with van der Waals surface area (Å²) in [6.07, 6.45) is 5.12. The van der Waals surface area contributed by atoms with E-state index in [-0.39, 0.29) is 48.5 Å². The molecule has 0 fully saturated rings. The molecule has 7 nitrogen and oxygen atoms in total. The predicted octanol–water partition coefficient (Wildman–Crippen LogP) is 1.97. The van der Waals surface area contributed by atoms with Gasteiger partial charge in [0.15, 0.2) is 5.96 Å². The molecule has 0 aromatic carbocycles. The fourth-order valence-corrected chi connectivity index (χ4v) is 2.79. The predicted molar refractivity (Wildman–Crippen MR) is 116 cm³/mol. The average molecular weight is 476 g/mol. The number of hydrogen-bond donors (Lipinski definition) is 2. The van der Waals surface area contributed by atoms with Gasteiger partial charge in [0, 0.05) is 44.8 Å². The molecule has 2 N–H and O–H groups in total. The van der Waals surface area contributed by atoms with E-state index in [1.807, 2.05) is 4.68 Å². The maximum absolute atomic E-state index is 11.8. The number of likely N-dealkylation sites (N-methyl/N-ethyl adjacent to an activating group) is 1. The Bertz CT molecular complexity index is 623. The van der Waals surface area contributed by atoms with E-state index in [4.69, 9.17) is 5.10 Å². The van der Waals surface area contributed by atoms with E-state index in [9.17, 15) is 4.79 Å². The summed E-state index contributed by atoms with van der Waals surface area (Å²) in [5, 5.41) is 11.5. The number of aromatic nitrogens is 2. The fourth-order valence-electron chi connectivity index (χ4n) is 2.79. The first kappa shape index (κ1) is 22.7. The molecule has 0 radical (unpaired) electrons. The maximum Gasteiger partial charge on any atom is 0.243 e. The van der Waals surface area contributed by atoms with Crippen molar-refractivity contribution >= 4 is 35.8 Å². The van der Waals surface area contributed by atoms with Crippen molar-refractivity contribution in [2.75, 3.05) is 20.6 Å². The van der Waals surface area contributed by atoms with Gasteiger partial charge in [-0.1, -0.05) is 0 Å². The molecule has 2 rings (SSSR count). The average Bonchev–Trinajstić information content (AvgIpc) is 2.95. The Balaban J connectivity index is 0.00000338. The molecular weight excluding hydrogens is 443 g/mol. The molecule has 8 heteroatoms. The van der Waals surface area contributed by atoms with Crippen molar-refractivity contribution < 1.29 is 4.79 Å². The van der Waals surface area contributed by atoms with Crippen molar-refractivity contribution in [1.82, 2.24) is 25.3 Å². The smallest absolute Gasteiger partial charge is 0.243 e. The molecule has 0 aliphatic heterocycles. The lowest BCUT2D eigenvalue weighted by Crippen LogP contribution is -2.48. The van der Waals surface area contributed by atoms with Crippen LogP contribution < -0.4 is 10.6 Å². The van der Waals surface area contributed by atoms with Gasteiger partial charge in [0.2, 0.25) is 5.91 Å². The van der Waals surface area contributed by atoms with E-state index in [1.165, 1.54) is 11.3 Å². The first-order chi connectivity index (χ1) is 11.8. The van der Waals surface area contributed by atoms with Gasteiger partial charge in [-0.3, -0.25) is 9.48 Å². The zero-order valence-corrected chi connectivity index (χ0v) is 19.1. The molecule has 0 bridgehead atoms. The highest BCUT2D eigenvalue weighted by Crippen LogP contribution is 2.21.